The molecule has 1 aliphatic rings. The van der Waals surface area contributed by atoms with Gasteiger partial charge in [0.1, 0.15) is 12.4 Å². The molecule has 0 aliphatic heterocycles. The van der Waals surface area contributed by atoms with E-state index in [1.54, 1.807) is 0 Å². The molecule has 0 saturated heterocycles. The summed E-state index contributed by atoms with van der Waals surface area (Å²) in [6.07, 6.45) is 2.46. The van der Waals surface area contributed by atoms with Crippen molar-refractivity contribution in [2.24, 2.45) is 10.7 Å². The van der Waals surface area contributed by atoms with E-state index in [9.17, 15) is 0 Å². The Labute approximate surface area is 138 Å². The van der Waals surface area contributed by atoms with Gasteiger partial charge in [0.05, 0.1) is 6.54 Å². The van der Waals surface area contributed by atoms with Crippen molar-refractivity contribution in [1.29, 1.82) is 0 Å². The Balaban J connectivity index is 0.00000200. The number of para-hydroxylation sites is 1. The lowest BCUT2D eigenvalue weighted by Gasteiger charge is -2.17. The van der Waals surface area contributed by atoms with Gasteiger partial charge in [0.2, 0.25) is 0 Å². The quantitative estimate of drug-likeness (QED) is 0.365. The maximum Gasteiger partial charge on any atom is 0.191 e. The van der Waals surface area contributed by atoms with Gasteiger partial charge in [-0.15, -0.1) is 24.0 Å². The van der Waals surface area contributed by atoms with Crippen LogP contribution >= 0.6 is 24.0 Å². The molecule has 20 heavy (non-hydrogen) atoms. The van der Waals surface area contributed by atoms with E-state index >= 15 is 0 Å². The summed E-state index contributed by atoms with van der Waals surface area (Å²) in [5.41, 5.74) is 8.24. The first-order valence-electron chi connectivity index (χ1n) is 6.81. The topological polar surface area (TPSA) is 50.9 Å². The summed E-state index contributed by atoms with van der Waals surface area (Å²) in [5, 5.41) is 0. The molecule has 1 aromatic rings. The van der Waals surface area contributed by atoms with E-state index in [0.29, 0.717) is 25.2 Å². The van der Waals surface area contributed by atoms with Crippen molar-refractivity contribution in [3.63, 3.8) is 0 Å². The summed E-state index contributed by atoms with van der Waals surface area (Å²) in [6, 6.07) is 6.75. The fourth-order valence-electron chi connectivity index (χ4n) is 2.10. The highest BCUT2D eigenvalue weighted by Gasteiger charge is 2.27. The number of guanidine groups is 1. The Hall–Kier alpha value is -0.980. The molecule has 0 atom stereocenters. The van der Waals surface area contributed by atoms with E-state index in [1.807, 2.05) is 13.1 Å². The molecule has 2 rings (SSSR count). The van der Waals surface area contributed by atoms with Crippen molar-refractivity contribution in [2.45, 2.75) is 32.7 Å². The van der Waals surface area contributed by atoms with E-state index in [-0.39, 0.29) is 24.0 Å². The molecule has 1 aromatic carbocycles. The van der Waals surface area contributed by atoms with Crippen LogP contribution in [0, 0.1) is 13.8 Å². The van der Waals surface area contributed by atoms with E-state index in [1.165, 1.54) is 12.8 Å². The summed E-state index contributed by atoms with van der Waals surface area (Å²) >= 11 is 0. The van der Waals surface area contributed by atoms with Gasteiger partial charge in [0, 0.05) is 13.1 Å². The molecular weight excluding hydrogens is 365 g/mol. The van der Waals surface area contributed by atoms with Crippen LogP contribution in [0.4, 0.5) is 0 Å². The van der Waals surface area contributed by atoms with Crippen molar-refractivity contribution < 1.29 is 4.74 Å². The molecule has 0 spiro atoms. The van der Waals surface area contributed by atoms with E-state index in [0.717, 1.165) is 16.9 Å². The first-order chi connectivity index (χ1) is 9.09. The monoisotopic (exact) mass is 389 g/mol. The molecule has 0 amide bonds. The van der Waals surface area contributed by atoms with E-state index in [2.05, 4.69) is 35.9 Å². The number of halogens is 1. The second kappa shape index (κ2) is 7.71. The Kier molecular flexibility index (Phi) is 6.58. The van der Waals surface area contributed by atoms with Gasteiger partial charge < -0.3 is 15.4 Å². The number of nitrogens with zero attached hydrogens (tertiary/aromatic N) is 2. The maximum absolute atomic E-state index is 5.92. The Bertz CT molecular complexity index is 452. The highest BCUT2D eigenvalue weighted by Crippen LogP contribution is 2.25. The summed E-state index contributed by atoms with van der Waals surface area (Å²) in [6.45, 7) is 5.27. The molecule has 0 heterocycles. The summed E-state index contributed by atoms with van der Waals surface area (Å²) in [5.74, 6) is 1.58. The summed E-state index contributed by atoms with van der Waals surface area (Å²) in [4.78, 5) is 6.41. The van der Waals surface area contributed by atoms with Crippen LogP contribution in [0.1, 0.15) is 24.0 Å². The number of ether oxygens (including phenoxy) is 1. The largest absolute Gasteiger partial charge is 0.491 e. The summed E-state index contributed by atoms with van der Waals surface area (Å²) in [7, 11) is 2.00. The van der Waals surface area contributed by atoms with Crippen molar-refractivity contribution in [2.75, 3.05) is 20.2 Å². The smallest absolute Gasteiger partial charge is 0.191 e. The second-order valence-corrected chi connectivity index (χ2v) is 5.15. The second-order valence-electron chi connectivity index (χ2n) is 5.15. The van der Waals surface area contributed by atoms with Crippen LogP contribution in [0.25, 0.3) is 0 Å². The Morgan fingerprint density at radius 1 is 1.35 bits per heavy atom. The number of benzene rings is 1. The Morgan fingerprint density at radius 3 is 2.50 bits per heavy atom. The molecule has 112 valence electrons. The zero-order chi connectivity index (χ0) is 13.8. The first-order valence-corrected chi connectivity index (χ1v) is 6.81. The minimum absolute atomic E-state index is 0. The number of aliphatic imine (C=N–C) groups is 1. The van der Waals surface area contributed by atoms with Crippen molar-refractivity contribution in [3.05, 3.63) is 29.3 Å². The third-order valence-electron chi connectivity index (χ3n) is 3.48. The minimum Gasteiger partial charge on any atom is -0.491 e. The predicted octanol–water partition coefficient (Wildman–Crippen LogP) is 2.71. The molecular formula is C15H24IN3O. The number of rotatable bonds is 5. The van der Waals surface area contributed by atoms with Crippen LogP contribution in [0.2, 0.25) is 0 Å². The standard InChI is InChI=1S/C15H23N3O.HI/c1-11-5-4-6-12(2)14(11)19-10-9-17-15(16)18(3)13-7-8-13;/h4-6,13H,7-10H2,1-3H3,(H2,16,17);1H. The number of nitrogens with two attached hydrogens (primary N) is 1. The van der Waals surface area contributed by atoms with Crippen LogP contribution in [0.5, 0.6) is 5.75 Å². The molecule has 5 heteroatoms. The van der Waals surface area contributed by atoms with Gasteiger partial charge in [-0.2, -0.15) is 0 Å². The third-order valence-corrected chi connectivity index (χ3v) is 3.48. The van der Waals surface area contributed by atoms with Crippen molar-refractivity contribution in [3.8, 4) is 5.75 Å². The first kappa shape index (κ1) is 17.1. The number of hydrogen-bond acceptors (Lipinski definition) is 2. The maximum atomic E-state index is 5.92. The molecule has 0 bridgehead atoms. The van der Waals surface area contributed by atoms with Crippen molar-refractivity contribution in [1.82, 2.24) is 4.90 Å². The molecule has 4 nitrogen and oxygen atoms in total. The lowest BCUT2D eigenvalue weighted by atomic mass is 10.1. The average molecular weight is 389 g/mol. The van der Waals surface area contributed by atoms with Gasteiger partial charge in [0.25, 0.3) is 0 Å². The molecule has 1 aliphatic carbocycles. The van der Waals surface area contributed by atoms with Gasteiger partial charge in [-0.05, 0) is 37.8 Å². The lowest BCUT2D eigenvalue weighted by Crippen LogP contribution is -2.36. The minimum atomic E-state index is 0. The van der Waals surface area contributed by atoms with Gasteiger partial charge in [-0.3, -0.25) is 0 Å². The SMILES string of the molecule is Cc1cccc(C)c1OCCN=C(N)N(C)C1CC1.I. The molecule has 0 radical (unpaired) electrons. The molecule has 1 saturated carbocycles. The third kappa shape index (κ3) is 4.54. The Morgan fingerprint density at radius 2 is 1.95 bits per heavy atom. The van der Waals surface area contributed by atoms with Crippen LogP contribution in [0.15, 0.2) is 23.2 Å². The number of hydrogen-bond donors (Lipinski definition) is 1. The van der Waals surface area contributed by atoms with Crippen LogP contribution < -0.4 is 10.5 Å². The zero-order valence-corrected chi connectivity index (χ0v) is 14.8. The van der Waals surface area contributed by atoms with Crippen LogP contribution in [-0.4, -0.2) is 37.1 Å². The zero-order valence-electron chi connectivity index (χ0n) is 12.4. The van der Waals surface area contributed by atoms with Gasteiger partial charge in [-0.25, -0.2) is 4.99 Å². The summed E-state index contributed by atoms with van der Waals surface area (Å²) < 4.78 is 5.79. The van der Waals surface area contributed by atoms with Crippen molar-refractivity contribution >= 4 is 29.9 Å². The molecule has 1 fully saturated rings. The average Bonchev–Trinajstić information content (AvgIpc) is 3.20. The van der Waals surface area contributed by atoms with Crippen LogP contribution in [-0.2, 0) is 0 Å². The highest BCUT2D eigenvalue weighted by atomic mass is 127. The highest BCUT2D eigenvalue weighted by molar-refractivity contribution is 14.0. The molecule has 0 aromatic heterocycles. The predicted molar refractivity (Wildman–Crippen MR) is 94.1 cm³/mol. The number of aryl methyl sites for hydroxylation is 2. The van der Waals surface area contributed by atoms with E-state index in [4.69, 9.17) is 10.5 Å². The molecule has 0 unspecified atom stereocenters. The fraction of sp³-hybridized carbons (Fsp3) is 0.533. The van der Waals surface area contributed by atoms with Crippen LogP contribution in [0.3, 0.4) is 0 Å². The molecule has 2 N–H and O–H groups in total. The normalized spacial score (nSPS) is 14.7. The van der Waals surface area contributed by atoms with Gasteiger partial charge in [-0.1, -0.05) is 18.2 Å². The fourth-order valence-corrected chi connectivity index (χ4v) is 2.10. The van der Waals surface area contributed by atoms with E-state index < -0.39 is 0 Å². The lowest BCUT2D eigenvalue weighted by molar-refractivity contribution is 0.323. The van der Waals surface area contributed by atoms with Gasteiger partial charge >= 0.3 is 0 Å². The van der Waals surface area contributed by atoms with Gasteiger partial charge in [0.15, 0.2) is 5.96 Å².